The Bertz CT molecular complexity index is 1050. The summed E-state index contributed by atoms with van der Waals surface area (Å²) in [6.07, 6.45) is 5.96. The molecule has 2 aromatic rings. The van der Waals surface area contributed by atoms with Crippen LogP contribution in [-0.4, -0.2) is 36.9 Å². The topological polar surface area (TPSA) is 55.8 Å². The molecule has 156 valence electrons. The molecule has 0 bridgehead atoms. The number of rotatable bonds is 6. The number of Topliss-reactive ketones (excluding diaryl/α,β-unsaturated/α-hetero) is 1. The van der Waals surface area contributed by atoms with Crippen molar-refractivity contribution in [1.82, 2.24) is 4.90 Å². The Morgan fingerprint density at radius 3 is 2.70 bits per heavy atom. The molecule has 1 fully saturated rings. The zero-order valence-corrected chi connectivity index (χ0v) is 17.7. The minimum atomic E-state index is -0.388. The predicted molar refractivity (Wildman–Crippen MR) is 116 cm³/mol. The Morgan fingerprint density at radius 1 is 1.17 bits per heavy atom. The standard InChI is InChI=1S/C25H27NO4/c1-16(18-6-7-20-14-22(29-3)9-8-19(20)13-18)25(28)30-15-21-10-12-26-11-4-5-23(26)24(21)17(2)27/h6-10,12-14,16,21H,4-5,11,15H2,1-3H3/t16-,21-/m0/s1. The van der Waals surface area contributed by atoms with Gasteiger partial charge >= 0.3 is 5.97 Å². The van der Waals surface area contributed by atoms with Gasteiger partial charge in [-0.05, 0) is 55.2 Å². The van der Waals surface area contributed by atoms with Gasteiger partial charge in [-0.1, -0.05) is 30.3 Å². The lowest BCUT2D eigenvalue weighted by Gasteiger charge is -2.28. The number of ether oxygens (including phenoxy) is 2. The first-order valence-corrected chi connectivity index (χ1v) is 10.4. The van der Waals surface area contributed by atoms with Crippen molar-refractivity contribution in [2.45, 2.75) is 32.6 Å². The summed E-state index contributed by atoms with van der Waals surface area (Å²) in [4.78, 5) is 27.1. The summed E-state index contributed by atoms with van der Waals surface area (Å²) in [6, 6.07) is 11.8. The lowest BCUT2D eigenvalue weighted by atomic mass is 9.91. The van der Waals surface area contributed by atoms with E-state index in [-0.39, 0.29) is 30.2 Å². The summed E-state index contributed by atoms with van der Waals surface area (Å²) in [5, 5.41) is 2.11. The number of esters is 1. The van der Waals surface area contributed by atoms with Gasteiger partial charge in [-0.3, -0.25) is 9.59 Å². The largest absolute Gasteiger partial charge is 0.497 e. The minimum Gasteiger partial charge on any atom is -0.497 e. The van der Waals surface area contributed by atoms with Crippen LogP contribution in [0.15, 0.2) is 59.9 Å². The SMILES string of the molecule is COc1ccc2cc([C@H](C)C(=O)OC[C@@H]3C=CN4CCCC4=C3C(C)=O)ccc2c1. The van der Waals surface area contributed by atoms with E-state index in [1.54, 1.807) is 14.0 Å². The molecule has 0 saturated carbocycles. The molecule has 0 aromatic heterocycles. The fourth-order valence-corrected chi connectivity index (χ4v) is 4.34. The molecule has 2 heterocycles. The molecule has 5 heteroatoms. The molecule has 0 unspecified atom stereocenters. The Morgan fingerprint density at radius 2 is 1.93 bits per heavy atom. The highest BCUT2D eigenvalue weighted by atomic mass is 16.5. The van der Waals surface area contributed by atoms with Crippen LogP contribution in [-0.2, 0) is 14.3 Å². The van der Waals surface area contributed by atoms with Gasteiger partial charge in [-0.2, -0.15) is 0 Å². The van der Waals surface area contributed by atoms with Crippen molar-refractivity contribution >= 4 is 22.5 Å². The van der Waals surface area contributed by atoms with Gasteiger partial charge in [-0.15, -0.1) is 0 Å². The second kappa shape index (κ2) is 8.34. The van der Waals surface area contributed by atoms with Crippen molar-refractivity contribution in [3.63, 3.8) is 0 Å². The van der Waals surface area contributed by atoms with E-state index in [9.17, 15) is 9.59 Å². The van der Waals surface area contributed by atoms with Gasteiger partial charge in [0.05, 0.1) is 13.0 Å². The van der Waals surface area contributed by atoms with E-state index < -0.39 is 0 Å². The van der Waals surface area contributed by atoms with E-state index in [4.69, 9.17) is 9.47 Å². The third-order valence-electron chi connectivity index (χ3n) is 6.05. The molecule has 0 radical (unpaired) electrons. The van der Waals surface area contributed by atoms with Crippen molar-refractivity contribution < 1.29 is 19.1 Å². The molecular weight excluding hydrogens is 378 g/mol. The highest BCUT2D eigenvalue weighted by Crippen LogP contribution is 2.34. The van der Waals surface area contributed by atoms with Crippen LogP contribution in [0.2, 0.25) is 0 Å². The summed E-state index contributed by atoms with van der Waals surface area (Å²) >= 11 is 0. The van der Waals surface area contributed by atoms with Crippen molar-refractivity contribution in [2.24, 2.45) is 5.92 Å². The van der Waals surface area contributed by atoms with Crippen molar-refractivity contribution in [1.29, 1.82) is 0 Å². The molecular formula is C25H27NO4. The summed E-state index contributed by atoms with van der Waals surface area (Å²) in [7, 11) is 1.65. The van der Waals surface area contributed by atoms with E-state index >= 15 is 0 Å². The number of ketones is 1. The number of carbonyl (C=O) groups excluding carboxylic acids is 2. The molecule has 2 aliphatic rings. The maximum absolute atomic E-state index is 12.7. The number of fused-ring (bicyclic) bond motifs is 2. The smallest absolute Gasteiger partial charge is 0.313 e. The Kier molecular flexibility index (Phi) is 5.62. The van der Waals surface area contributed by atoms with Gasteiger partial charge in [0, 0.05) is 29.9 Å². The van der Waals surface area contributed by atoms with Crippen LogP contribution in [0.3, 0.4) is 0 Å². The zero-order chi connectivity index (χ0) is 21.3. The first-order chi connectivity index (χ1) is 14.5. The highest BCUT2D eigenvalue weighted by molar-refractivity contribution is 5.95. The molecule has 0 spiro atoms. The Balaban J connectivity index is 1.46. The van der Waals surface area contributed by atoms with Crippen LogP contribution in [0, 0.1) is 5.92 Å². The third-order valence-corrected chi connectivity index (χ3v) is 6.05. The summed E-state index contributed by atoms with van der Waals surface area (Å²) in [6.45, 7) is 4.59. The molecule has 5 nitrogen and oxygen atoms in total. The lowest BCUT2D eigenvalue weighted by molar-refractivity contribution is -0.145. The van der Waals surface area contributed by atoms with Crippen LogP contribution in [0.1, 0.15) is 38.2 Å². The highest BCUT2D eigenvalue weighted by Gasteiger charge is 2.30. The zero-order valence-electron chi connectivity index (χ0n) is 17.7. The quantitative estimate of drug-likeness (QED) is 0.659. The average Bonchev–Trinajstić information content (AvgIpc) is 3.24. The normalized spacial score (nSPS) is 19.0. The van der Waals surface area contributed by atoms with Gasteiger partial charge in [0.2, 0.25) is 0 Å². The fraction of sp³-hybridized carbons (Fsp3) is 0.360. The maximum Gasteiger partial charge on any atom is 0.313 e. The van der Waals surface area contributed by atoms with Crippen LogP contribution in [0.25, 0.3) is 10.8 Å². The van der Waals surface area contributed by atoms with Crippen molar-refractivity contribution in [3.05, 3.63) is 65.5 Å². The van der Waals surface area contributed by atoms with Gasteiger partial charge in [-0.25, -0.2) is 0 Å². The molecule has 4 rings (SSSR count). The van der Waals surface area contributed by atoms with Crippen LogP contribution >= 0.6 is 0 Å². The molecule has 1 saturated heterocycles. The van der Waals surface area contributed by atoms with Crippen LogP contribution < -0.4 is 4.74 Å². The molecule has 2 atom stereocenters. The van der Waals surface area contributed by atoms with Crippen LogP contribution in [0.5, 0.6) is 5.75 Å². The first kappa shape index (κ1) is 20.2. The number of nitrogens with zero attached hydrogens (tertiary/aromatic N) is 1. The van der Waals surface area contributed by atoms with Gasteiger partial charge in [0.25, 0.3) is 0 Å². The average molecular weight is 405 g/mol. The summed E-state index contributed by atoms with van der Waals surface area (Å²) in [5.74, 6) is 0.0188. The van der Waals surface area contributed by atoms with Gasteiger partial charge in [0.15, 0.2) is 5.78 Å². The molecule has 2 aromatic carbocycles. The summed E-state index contributed by atoms with van der Waals surface area (Å²) < 4.78 is 10.9. The fourth-order valence-electron chi connectivity index (χ4n) is 4.34. The number of carbonyl (C=O) groups is 2. The second-order valence-electron chi connectivity index (χ2n) is 7.99. The second-order valence-corrected chi connectivity index (χ2v) is 7.99. The van der Waals surface area contributed by atoms with E-state index in [2.05, 4.69) is 4.90 Å². The van der Waals surface area contributed by atoms with Crippen molar-refractivity contribution in [2.75, 3.05) is 20.3 Å². The van der Waals surface area contributed by atoms with E-state index in [1.165, 1.54) is 0 Å². The Labute approximate surface area is 177 Å². The van der Waals surface area contributed by atoms with E-state index in [1.807, 2.05) is 55.6 Å². The van der Waals surface area contributed by atoms with Gasteiger partial charge < -0.3 is 14.4 Å². The number of benzene rings is 2. The molecule has 0 aliphatic carbocycles. The predicted octanol–water partition coefficient (Wildman–Crippen LogP) is 4.58. The number of hydrogen-bond donors (Lipinski definition) is 0. The molecule has 0 N–H and O–H groups in total. The van der Waals surface area contributed by atoms with Crippen LogP contribution in [0.4, 0.5) is 0 Å². The third kappa shape index (κ3) is 3.84. The lowest BCUT2D eigenvalue weighted by Crippen LogP contribution is -2.27. The van der Waals surface area contributed by atoms with Crippen molar-refractivity contribution in [3.8, 4) is 5.75 Å². The van der Waals surface area contributed by atoms with E-state index in [0.29, 0.717) is 0 Å². The number of hydrogen-bond acceptors (Lipinski definition) is 5. The first-order valence-electron chi connectivity index (χ1n) is 10.4. The Hall–Kier alpha value is -3.08. The number of allylic oxidation sites excluding steroid dienone is 1. The monoisotopic (exact) mass is 405 g/mol. The number of methoxy groups -OCH3 is 1. The molecule has 0 amide bonds. The maximum atomic E-state index is 12.7. The summed E-state index contributed by atoms with van der Waals surface area (Å²) in [5.41, 5.74) is 2.78. The molecule has 30 heavy (non-hydrogen) atoms. The minimum absolute atomic E-state index is 0.0558. The van der Waals surface area contributed by atoms with E-state index in [0.717, 1.165) is 52.7 Å². The van der Waals surface area contributed by atoms with Gasteiger partial charge in [0.1, 0.15) is 12.4 Å². The molecule has 2 aliphatic heterocycles.